The van der Waals surface area contributed by atoms with Gasteiger partial charge in [0, 0.05) is 11.8 Å². The second kappa shape index (κ2) is 5.64. The molecule has 2 aliphatic heterocycles. The van der Waals surface area contributed by atoms with E-state index in [1.54, 1.807) is 29.8 Å². The van der Waals surface area contributed by atoms with Gasteiger partial charge in [0.25, 0.3) is 5.91 Å². The van der Waals surface area contributed by atoms with E-state index < -0.39 is 12.0 Å². The fourth-order valence-corrected chi connectivity index (χ4v) is 3.53. The van der Waals surface area contributed by atoms with Crippen LogP contribution in [-0.4, -0.2) is 49.7 Å². The lowest BCUT2D eigenvalue weighted by atomic mass is 9.97. The minimum Gasteiger partial charge on any atom is -0.479 e. The van der Waals surface area contributed by atoms with Crippen LogP contribution in [0.1, 0.15) is 5.69 Å². The molecular formula is C14H11N3O4S. The molecule has 0 aromatic carbocycles. The Morgan fingerprint density at radius 1 is 1.45 bits per heavy atom. The second-order valence-electron chi connectivity index (χ2n) is 4.66. The Balaban J connectivity index is 1.93. The number of thioether (sulfide) groups is 1. The van der Waals surface area contributed by atoms with Gasteiger partial charge < -0.3 is 15.2 Å². The van der Waals surface area contributed by atoms with Crippen molar-refractivity contribution in [2.24, 2.45) is 5.16 Å². The highest BCUT2D eigenvalue weighted by Gasteiger charge is 2.51. The van der Waals surface area contributed by atoms with E-state index in [9.17, 15) is 14.7 Å². The van der Waals surface area contributed by atoms with Crippen molar-refractivity contribution in [1.82, 2.24) is 9.88 Å². The number of pyridine rings is 1. The van der Waals surface area contributed by atoms with Gasteiger partial charge in [0.1, 0.15) is 5.37 Å². The van der Waals surface area contributed by atoms with Crippen LogP contribution in [-0.2, 0) is 9.59 Å². The highest BCUT2D eigenvalue weighted by atomic mass is 32.2. The molecule has 1 saturated heterocycles. The largest absolute Gasteiger partial charge is 0.479 e. The normalized spacial score (nSPS) is 25.8. The number of aliphatic carboxylic acids is 1. The van der Waals surface area contributed by atoms with Gasteiger partial charge in [-0.15, -0.1) is 11.8 Å². The molecule has 0 bridgehead atoms. The van der Waals surface area contributed by atoms with Crippen molar-refractivity contribution < 1.29 is 19.9 Å². The Hall–Kier alpha value is -2.61. The maximum Gasteiger partial charge on any atom is 0.331 e. The molecule has 112 valence electrons. The lowest BCUT2D eigenvalue weighted by Crippen LogP contribution is -2.62. The van der Waals surface area contributed by atoms with Crippen molar-refractivity contribution in [2.75, 3.05) is 0 Å². The second-order valence-corrected chi connectivity index (χ2v) is 5.61. The van der Waals surface area contributed by atoms with Gasteiger partial charge >= 0.3 is 5.97 Å². The minimum absolute atomic E-state index is 0.265. The number of rotatable bonds is 3. The molecule has 0 aliphatic carbocycles. The van der Waals surface area contributed by atoms with Gasteiger partial charge in [-0.25, -0.2) is 4.79 Å². The molecule has 1 aromatic rings. The van der Waals surface area contributed by atoms with Crippen LogP contribution in [0.4, 0.5) is 0 Å². The number of nitrogens with zero attached hydrogens (tertiary/aromatic N) is 3. The number of fused-ring (bicyclic) bond motifs is 1. The smallest absolute Gasteiger partial charge is 0.331 e. The number of oxime groups is 1. The van der Waals surface area contributed by atoms with Crippen LogP contribution >= 0.6 is 11.8 Å². The summed E-state index contributed by atoms with van der Waals surface area (Å²) >= 11 is 1.29. The zero-order valence-electron chi connectivity index (χ0n) is 11.2. The summed E-state index contributed by atoms with van der Waals surface area (Å²) in [4.78, 5) is 29.1. The number of carboxylic acids is 1. The van der Waals surface area contributed by atoms with Gasteiger partial charge in [-0.3, -0.25) is 9.78 Å². The molecule has 2 atom stereocenters. The van der Waals surface area contributed by atoms with Gasteiger partial charge in [0.15, 0.2) is 6.04 Å². The first-order valence-corrected chi connectivity index (χ1v) is 7.29. The Morgan fingerprint density at radius 3 is 2.91 bits per heavy atom. The van der Waals surface area contributed by atoms with Gasteiger partial charge in [0.05, 0.1) is 17.5 Å². The Bertz CT molecular complexity index is 714. The van der Waals surface area contributed by atoms with E-state index in [4.69, 9.17) is 5.21 Å². The predicted molar refractivity (Wildman–Crippen MR) is 80.2 cm³/mol. The SMILES string of the molecule is O=C(O)C1C(/C=N/O)=CS[C@H]2/C(=C\c3ccccn3)C(=O)N12. The summed E-state index contributed by atoms with van der Waals surface area (Å²) in [6, 6.07) is 4.21. The highest BCUT2D eigenvalue weighted by Crippen LogP contribution is 2.43. The van der Waals surface area contributed by atoms with Crippen molar-refractivity contribution in [2.45, 2.75) is 11.4 Å². The lowest BCUT2D eigenvalue weighted by Gasteiger charge is -2.47. The number of hydrogen-bond acceptors (Lipinski definition) is 6. The number of hydrogen-bond donors (Lipinski definition) is 2. The predicted octanol–water partition coefficient (Wildman–Crippen LogP) is 1.18. The minimum atomic E-state index is -1.17. The Labute approximate surface area is 129 Å². The van der Waals surface area contributed by atoms with E-state index in [1.807, 2.05) is 6.07 Å². The third-order valence-electron chi connectivity index (χ3n) is 3.36. The standard InChI is InChI=1S/C14H11N3O4S/c18-12-10(5-9-3-1-2-4-15-9)13-17(12)11(14(19)20)8(6-16-21)7-22-13/h1-7,11,13,21H,(H,19,20)/b10-5-,16-6+/t11?,13-/m0/s1. The number of aromatic nitrogens is 1. The molecule has 2 aliphatic rings. The summed E-state index contributed by atoms with van der Waals surface area (Å²) in [6.07, 6.45) is 4.32. The summed E-state index contributed by atoms with van der Waals surface area (Å²) in [5.74, 6) is -1.52. The van der Waals surface area contributed by atoms with E-state index in [0.717, 1.165) is 6.21 Å². The van der Waals surface area contributed by atoms with Crippen molar-refractivity contribution in [1.29, 1.82) is 0 Å². The van der Waals surface area contributed by atoms with Crippen LogP contribution in [0.2, 0.25) is 0 Å². The number of carbonyl (C=O) groups excluding carboxylic acids is 1. The van der Waals surface area contributed by atoms with Gasteiger partial charge in [0.2, 0.25) is 0 Å². The summed E-state index contributed by atoms with van der Waals surface area (Å²) in [7, 11) is 0. The molecule has 1 unspecified atom stereocenters. The van der Waals surface area contributed by atoms with Crippen LogP contribution < -0.4 is 0 Å². The first-order valence-electron chi connectivity index (χ1n) is 6.34. The highest BCUT2D eigenvalue weighted by molar-refractivity contribution is 8.03. The molecule has 7 nitrogen and oxygen atoms in total. The van der Waals surface area contributed by atoms with Crippen LogP contribution in [0, 0.1) is 0 Å². The third kappa shape index (κ3) is 2.27. The number of carboxylic acid groups (broad SMARTS) is 1. The molecule has 0 spiro atoms. The average molecular weight is 317 g/mol. The Kier molecular flexibility index (Phi) is 3.68. The molecule has 0 saturated carbocycles. The maximum absolute atomic E-state index is 12.3. The van der Waals surface area contributed by atoms with Gasteiger partial charge in [-0.2, -0.15) is 0 Å². The first kappa shape index (κ1) is 14.3. The summed E-state index contributed by atoms with van der Waals surface area (Å²) in [5, 5.41) is 22.0. The average Bonchev–Trinajstić information content (AvgIpc) is 2.53. The number of carbonyl (C=O) groups is 2. The zero-order chi connectivity index (χ0) is 15.7. The fourth-order valence-electron chi connectivity index (χ4n) is 2.39. The fraction of sp³-hybridized carbons (Fsp3) is 0.143. The first-order chi connectivity index (χ1) is 10.6. The molecule has 8 heteroatoms. The molecule has 1 aromatic heterocycles. The zero-order valence-corrected chi connectivity index (χ0v) is 12.0. The van der Waals surface area contributed by atoms with Crippen molar-refractivity contribution in [3.05, 3.63) is 46.6 Å². The molecule has 2 N–H and O–H groups in total. The van der Waals surface area contributed by atoms with Crippen molar-refractivity contribution in [3.63, 3.8) is 0 Å². The quantitative estimate of drug-likeness (QED) is 0.285. The number of amides is 1. The van der Waals surface area contributed by atoms with E-state index in [0.29, 0.717) is 11.3 Å². The monoisotopic (exact) mass is 317 g/mol. The molecule has 0 radical (unpaired) electrons. The maximum atomic E-state index is 12.3. The molecule has 3 rings (SSSR count). The van der Waals surface area contributed by atoms with Gasteiger partial charge in [-0.1, -0.05) is 11.2 Å². The van der Waals surface area contributed by atoms with Gasteiger partial charge in [-0.05, 0) is 23.6 Å². The summed E-state index contributed by atoms with van der Waals surface area (Å²) in [6.45, 7) is 0. The molecule has 1 fully saturated rings. The molecule has 1 amide bonds. The van der Waals surface area contributed by atoms with E-state index in [2.05, 4.69) is 10.1 Å². The van der Waals surface area contributed by atoms with E-state index in [1.165, 1.54) is 16.7 Å². The Morgan fingerprint density at radius 2 is 2.27 bits per heavy atom. The van der Waals surface area contributed by atoms with Crippen molar-refractivity contribution in [3.8, 4) is 0 Å². The van der Waals surface area contributed by atoms with Crippen LogP contribution in [0.15, 0.2) is 46.1 Å². The summed E-state index contributed by atoms with van der Waals surface area (Å²) in [5.41, 5.74) is 1.41. The van der Waals surface area contributed by atoms with Crippen LogP contribution in [0.3, 0.4) is 0 Å². The molecular weight excluding hydrogens is 306 g/mol. The molecule has 22 heavy (non-hydrogen) atoms. The van der Waals surface area contributed by atoms with Crippen LogP contribution in [0.5, 0.6) is 0 Å². The molecule has 3 heterocycles. The van der Waals surface area contributed by atoms with E-state index >= 15 is 0 Å². The summed E-state index contributed by atoms with van der Waals surface area (Å²) < 4.78 is 0. The number of β-lactam (4-membered cyclic amide) rings is 1. The lowest BCUT2D eigenvalue weighted by molar-refractivity contribution is -0.150. The topological polar surface area (TPSA) is 103 Å². The van der Waals surface area contributed by atoms with Crippen LogP contribution in [0.25, 0.3) is 6.08 Å². The van der Waals surface area contributed by atoms with Crippen molar-refractivity contribution >= 4 is 35.9 Å². The third-order valence-corrected chi connectivity index (χ3v) is 4.51. The van der Waals surface area contributed by atoms with E-state index in [-0.39, 0.29) is 16.9 Å².